The Labute approximate surface area is 133 Å². The van der Waals surface area contributed by atoms with E-state index in [1.54, 1.807) is 13.0 Å². The number of phenolic OH excluding ortho intramolecular Hbond substituents is 1. The van der Waals surface area contributed by atoms with E-state index in [1.165, 1.54) is 6.20 Å². The maximum absolute atomic E-state index is 13.4. The Morgan fingerprint density at radius 3 is 2.64 bits per heavy atom. The first-order valence-electron chi connectivity index (χ1n) is 6.64. The Kier molecular flexibility index (Phi) is 6.39. The number of rotatable bonds is 3. The van der Waals surface area contributed by atoms with Crippen molar-refractivity contribution in [2.75, 3.05) is 5.73 Å². The van der Waals surface area contributed by atoms with Gasteiger partial charge in [0.15, 0.2) is 11.6 Å². The quantitative estimate of drug-likeness (QED) is 0.750. The molecule has 4 N–H and O–H groups in total. The monoisotopic (exact) mass is 328 g/mol. The van der Waals surface area contributed by atoms with Gasteiger partial charge in [-0.05, 0) is 30.7 Å². The fourth-order valence-corrected chi connectivity index (χ4v) is 1.87. The molecule has 0 radical (unpaired) electrons. The largest absolute Gasteiger partial charge is 0.507 e. The van der Waals surface area contributed by atoms with Crippen LogP contribution in [0.2, 0.25) is 5.02 Å². The molecule has 0 spiro atoms. The number of phenols is 1. The van der Waals surface area contributed by atoms with E-state index in [9.17, 15) is 14.6 Å². The van der Waals surface area contributed by atoms with E-state index >= 15 is 0 Å². The predicted molar refractivity (Wildman–Crippen MR) is 83.4 cm³/mol. The van der Waals surface area contributed by atoms with Crippen LogP contribution in [0, 0.1) is 12.7 Å². The zero-order valence-electron chi connectivity index (χ0n) is 12.5. The Morgan fingerprint density at radius 2 is 2.00 bits per heavy atom. The van der Waals surface area contributed by atoms with Crippen molar-refractivity contribution in [3.63, 3.8) is 0 Å². The lowest BCUT2D eigenvalue weighted by molar-refractivity contribution is -0.0207. The van der Waals surface area contributed by atoms with Crippen LogP contribution in [0.15, 0.2) is 24.4 Å². The van der Waals surface area contributed by atoms with E-state index in [2.05, 4.69) is 4.98 Å². The van der Waals surface area contributed by atoms with Gasteiger partial charge in [-0.1, -0.05) is 25.4 Å². The molecule has 2 aromatic rings. The summed E-state index contributed by atoms with van der Waals surface area (Å²) in [5.74, 6) is -1.00. The summed E-state index contributed by atoms with van der Waals surface area (Å²) in [6.07, 6.45) is -0.148. The lowest BCUT2D eigenvalue weighted by atomic mass is 10.2. The summed E-state index contributed by atoms with van der Waals surface area (Å²) in [5, 5.41) is 19.2. The van der Waals surface area contributed by atoms with Crippen LogP contribution in [-0.2, 0) is 0 Å². The van der Waals surface area contributed by atoms with Gasteiger partial charge in [-0.15, -0.1) is 0 Å². The molecule has 7 heteroatoms. The number of benzene rings is 1. The topological polar surface area (TPSA) is 88.6 Å². The van der Waals surface area contributed by atoms with Crippen LogP contribution < -0.4 is 10.5 Å². The van der Waals surface area contributed by atoms with Crippen LogP contribution in [0.1, 0.15) is 31.3 Å². The summed E-state index contributed by atoms with van der Waals surface area (Å²) < 4.78 is 18.5. The number of pyridine rings is 1. The second kappa shape index (κ2) is 7.82. The number of hydrogen-bond acceptors (Lipinski definition) is 5. The molecule has 0 bridgehead atoms. The lowest BCUT2D eigenvalue weighted by Gasteiger charge is -2.17. The molecule has 1 atom stereocenters. The summed E-state index contributed by atoms with van der Waals surface area (Å²) in [5.41, 5.74) is 6.09. The lowest BCUT2D eigenvalue weighted by Crippen LogP contribution is -2.10. The van der Waals surface area contributed by atoms with Crippen molar-refractivity contribution in [2.24, 2.45) is 0 Å². The molecule has 0 saturated heterocycles. The Hall–Kier alpha value is -2.05. The number of aryl methyl sites for hydroxylation is 1. The maximum atomic E-state index is 13.4. The van der Waals surface area contributed by atoms with Gasteiger partial charge >= 0.3 is 0 Å². The van der Waals surface area contributed by atoms with E-state index in [1.807, 2.05) is 13.8 Å². The number of nitrogens with two attached hydrogens (primary N) is 1. The first-order valence-corrected chi connectivity index (χ1v) is 7.01. The Balaban J connectivity index is 0.00000116. The summed E-state index contributed by atoms with van der Waals surface area (Å²) in [6.45, 7) is 5.76. The SMILES string of the molecule is CC.Cc1cnc(N)c(OC(O)c2c(O)ccc(F)c2Cl)c1. The van der Waals surface area contributed by atoms with Crippen LogP contribution in [0.3, 0.4) is 0 Å². The van der Waals surface area contributed by atoms with E-state index in [0.717, 1.165) is 17.7 Å². The zero-order valence-corrected chi connectivity index (χ0v) is 13.2. The molecule has 0 fully saturated rings. The summed E-state index contributed by atoms with van der Waals surface area (Å²) >= 11 is 5.71. The minimum absolute atomic E-state index is 0.0571. The van der Waals surface area contributed by atoms with Gasteiger partial charge in [0.05, 0.1) is 10.6 Å². The van der Waals surface area contributed by atoms with Crippen molar-refractivity contribution in [3.05, 3.63) is 46.4 Å². The van der Waals surface area contributed by atoms with E-state index in [4.69, 9.17) is 22.1 Å². The fourth-order valence-electron chi connectivity index (χ4n) is 1.62. The van der Waals surface area contributed by atoms with E-state index in [0.29, 0.717) is 0 Å². The minimum Gasteiger partial charge on any atom is -0.507 e. The number of nitrogens with zero attached hydrogens (tertiary/aromatic N) is 1. The molecule has 1 aromatic heterocycles. The average Bonchev–Trinajstić information content (AvgIpc) is 2.49. The van der Waals surface area contributed by atoms with Crippen molar-refractivity contribution in [1.29, 1.82) is 0 Å². The third-order valence-electron chi connectivity index (χ3n) is 2.61. The van der Waals surface area contributed by atoms with Gasteiger partial charge in [0.25, 0.3) is 0 Å². The standard InChI is InChI=1S/C13H12ClFN2O3.C2H6/c1-6-4-9(12(16)17-5-6)20-13(19)10-8(18)3-2-7(15)11(10)14;1-2/h2-5,13,18-19H,1H3,(H2,16,17);1-2H3. The molecule has 0 aliphatic heterocycles. The van der Waals surface area contributed by atoms with Gasteiger partial charge < -0.3 is 20.7 Å². The van der Waals surface area contributed by atoms with Gasteiger partial charge in [-0.2, -0.15) is 0 Å². The minimum atomic E-state index is -1.68. The number of aromatic hydroxyl groups is 1. The van der Waals surface area contributed by atoms with Crippen LogP contribution in [-0.4, -0.2) is 15.2 Å². The normalized spacial score (nSPS) is 11.4. The number of nitrogen functional groups attached to an aromatic ring is 1. The van der Waals surface area contributed by atoms with E-state index in [-0.39, 0.29) is 22.9 Å². The van der Waals surface area contributed by atoms with Crippen LogP contribution >= 0.6 is 11.6 Å². The highest BCUT2D eigenvalue weighted by Gasteiger charge is 2.21. The highest BCUT2D eigenvalue weighted by atomic mass is 35.5. The van der Waals surface area contributed by atoms with Gasteiger partial charge in [0.2, 0.25) is 6.29 Å². The Morgan fingerprint density at radius 1 is 1.36 bits per heavy atom. The molecule has 0 aliphatic carbocycles. The van der Waals surface area contributed by atoms with Crippen molar-refractivity contribution in [3.8, 4) is 11.5 Å². The van der Waals surface area contributed by atoms with Crippen LogP contribution in [0.25, 0.3) is 0 Å². The number of anilines is 1. The number of aliphatic hydroxyl groups is 1. The van der Waals surface area contributed by atoms with Crippen molar-refractivity contribution >= 4 is 17.4 Å². The molecule has 2 rings (SSSR count). The molecular weight excluding hydrogens is 311 g/mol. The van der Waals surface area contributed by atoms with Crippen molar-refractivity contribution in [1.82, 2.24) is 4.98 Å². The number of aliphatic hydroxyl groups excluding tert-OH is 1. The van der Waals surface area contributed by atoms with Crippen LogP contribution in [0.5, 0.6) is 11.5 Å². The molecular formula is C15H18ClFN2O3. The van der Waals surface area contributed by atoms with E-state index < -0.39 is 17.1 Å². The highest BCUT2D eigenvalue weighted by Crippen LogP contribution is 2.35. The summed E-state index contributed by atoms with van der Waals surface area (Å²) in [4.78, 5) is 3.86. The summed E-state index contributed by atoms with van der Waals surface area (Å²) in [6, 6.07) is 3.60. The van der Waals surface area contributed by atoms with Crippen molar-refractivity contribution < 1.29 is 19.3 Å². The third-order valence-corrected chi connectivity index (χ3v) is 3.00. The second-order valence-electron chi connectivity index (χ2n) is 4.16. The number of ether oxygens (including phenoxy) is 1. The first-order chi connectivity index (χ1) is 10.4. The molecule has 0 aliphatic rings. The Bertz CT molecular complexity index is 653. The first kappa shape index (κ1) is 18.0. The molecule has 22 heavy (non-hydrogen) atoms. The van der Waals surface area contributed by atoms with Crippen molar-refractivity contribution in [2.45, 2.75) is 27.1 Å². The highest BCUT2D eigenvalue weighted by molar-refractivity contribution is 6.31. The molecule has 1 unspecified atom stereocenters. The molecule has 1 heterocycles. The predicted octanol–water partition coefficient (Wildman–Crippen LogP) is 3.57. The molecule has 120 valence electrons. The van der Waals surface area contributed by atoms with Gasteiger partial charge in [0.1, 0.15) is 11.6 Å². The average molecular weight is 329 g/mol. The molecule has 0 saturated carbocycles. The van der Waals surface area contributed by atoms with Gasteiger partial charge in [-0.25, -0.2) is 9.37 Å². The molecule has 5 nitrogen and oxygen atoms in total. The fraction of sp³-hybridized carbons (Fsp3) is 0.267. The van der Waals surface area contributed by atoms with Gasteiger partial charge in [-0.3, -0.25) is 0 Å². The number of hydrogen-bond donors (Lipinski definition) is 3. The maximum Gasteiger partial charge on any atom is 0.229 e. The third kappa shape index (κ3) is 3.99. The van der Waals surface area contributed by atoms with Crippen LogP contribution in [0.4, 0.5) is 10.2 Å². The van der Waals surface area contributed by atoms with Gasteiger partial charge in [0, 0.05) is 6.20 Å². The molecule has 1 aromatic carbocycles. The zero-order chi connectivity index (χ0) is 16.9. The number of halogens is 2. The molecule has 0 amide bonds. The number of aromatic nitrogens is 1. The summed E-state index contributed by atoms with van der Waals surface area (Å²) in [7, 11) is 0. The smallest absolute Gasteiger partial charge is 0.229 e. The second-order valence-corrected chi connectivity index (χ2v) is 4.54.